The van der Waals surface area contributed by atoms with Crippen molar-refractivity contribution in [2.45, 2.75) is 4.90 Å². The van der Waals surface area contributed by atoms with Gasteiger partial charge in [0.15, 0.2) is 0 Å². The second-order valence-electron chi connectivity index (χ2n) is 3.56. The van der Waals surface area contributed by atoms with Crippen LogP contribution in [0.4, 0.5) is 11.4 Å². The molecule has 0 radical (unpaired) electrons. The molecular weight excluding hydrogens is 228 g/mol. The quantitative estimate of drug-likeness (QED) is 0.506. The van der Waals surface area contributed by atoms with Crippen molar-refractivity contribution < 1.29 is 0 Å². The lowest BCUT2D eigenvalue weighted by atomic mass is 10.2. The number of benzene rings is 2. The van der Waals surface area contributed by atoms with Gasteiger partial charge in [-0.3, -0.25) is 4.99 Å². The molecule has 2 rings (SSSR count). The molecule has 0 heterocycles. The summed E-state index contributed by atoms with van der Waals surface area (Å²) < 4.78 is 0. The van der Waals surface area contributed by atoms with Crippen LogP contribution >= 0.6 is 11.8 Å². The molecule has 0 spiro atoms. The highest BCUT2D eigenvalue weighted by Gasteiger charge is 1.97. The van der Waals surface area contributed by atoms with E-state index in [0.29, 0.717) is 5.69 Å². The number of para-hydroxylation sites is 2. The third kappa shape index (κ3) is 2.88. The Labute approximate surface area is 106 Å². The minimum absolute atomic E-state index is 0.699. The maximum atomic E-state index is 5.84. The second-order valence-corrected chi connectivity index (χ2v) is 4.41. The van der Waals surface area contributed by atoms with E-state index in [-0.39, 0.29) is 0 Å². The fourth-order valence-electron chi connectivity index (χ4n) is 1.52. The molecule has 2 aromatic carbocycles. The third-order valence-corrected chi connectivity index (χ3v) is 3.23. The summed E-state index contributed by atoms with van der Waals surface area (Å²) in [4.78, 5) is 5.63. The van der Waals surface area contributed by atoms with Crippen LogP contribution in [0.5, 0.6) is 0 Å². The summed E-state index contributed by atoms with van der Waals surface area (Å²) in [6.45, 7) is 0. The average molecular weight is 242 g/mol. The predicted molar refractivity (Wildman–Crippen MR) is 76.3 cm³/mol. The van der Waals surface area contributed by atoms with Gasteiger partial charge in [0.25, 0.3) is 0 Å². The van der Waals surface area contributed by atoms with Crippen LogP contribution in [-0.4, -0.2) is 12.5 Å². The Hall–Kier alpha value is -1.74. The summed E-state index contributed by atoms with van der Waals surface area (Å²) in [5, 5.41) is 0. The van der Waals surface area contributed by atoms with Crippen LogP contribution in [0.2, 0.25) is 0 Å². The van der Waals surface area contributed by atoms with Crippen LogP contribution in [0.3, 0.4) is 0 Å². The summed E-state index contributed by atoms with van der Waals surface area (Å²) in [5.41, 5.74) is 8.46. The zero-order valence-electron chi connectivity index (χ0n) is 9.63. The molecule has 2 nitrogen and oxygen atoms in total. The summed E-state index contributed by atoms with van der Waals surface area (Å²) in [7, 11) is 0. The summed E-state index contributed by atoms with van der Waals surface area (Å²) in [5.74, 6) is 0. The highest BCUT2D eigenvalue weighted by atomic mass is 32.2. The highest BCUT2D eigenvalue weighted by molar-refractivity contribution is 7.98. The van der Waals surface area contributed by atoms with Crippen LogP contribution < -0.4 is 5.73 Å². The Kier molecular flexibility index (Phi) is 3.83. The number of anilines is 1. The molecule has 0 unspecified atom stereocenters. The van der Waals surface area contributed by atoms with Crippen molar-refractivity contribution in [1.29, 1.82) is 0 Å². The Bertz CT molecular complexity index is 535. The van der Waals surface area contributed by atoms with Crippen molar-refractivity contribution in [1.82, 2.24) is 0 Å². The third-order valence-electron chi connectivity index (χ3n) is 2.42. The number of nitrogen functional groups attached to an aromatic ring is 1. The zero-order valence-corrected chi connectivity index (χ0v) is 10.4. The Morgan fingerprint density at radius 3 is 2.53 bits per heavy atom. The molecule has 0 aliphatic carbocycles. The zero-order chi connectivity index (χ0) is 12.1. The molecule has 0 aromatic heterocycles. The number of rotatable bonds is 3. The number of hydrogen-bond donors (Lipinski definition) is 1. The van der Waals surface area contributed by atoms with Gasteiger partial charge in [-0.1, -0.05) is 30.3 Å². The second kappa shape index (κ2) is 5.55. The smallest absolute Gasteiger partial charge is 0.0859 e. The van der Waals surface area contributed by atoms with E-state index in [1.807, 2.05) is 42.6 Å². The fraction of sp³-hybridized carbons (Fsp3) is 0.0714. The number of nitrogens with two attached hydrogens (primary N) is 1. The molecule has 0 saturated heterocycles. The van der Waals surface area contributed by atoms with E-state index in [2.05, 4.69) is 23.4 Å². The maximum absolute atomic E-state index is 5.84. The molecule has 0 aliphatic heterocycles. The molecule has 86 valence electrons. The van der Waals surface area contributed by atoms with Gasteiger partial charge >= 0.3 is 0 Å². The molecule has 0 aliphatic rings. The van der Waals surface area contributed by atoms with Crippen LogP contribution in [0.15, 0.2) is 58.4 Å². The van der Waals surface area contributed by atoms with Gasteiger partial charge in [0.05, 0.1) is 11.4 Å². The van der Waals surface area contributed by atoms with Crippen molar-refractivity contribution in [3.05, 3.63) is 54.1 Å². The lowest BCUT2D eigenvalue weighted by molar-refractivity contribution is 1.42. The molecule has 0 atom stereocenters. The van der Waals surface area contributed by atoms with Gasteiger partial charge in [0.2, 0.25) is 0 Å². The normalized spacial score (nSPS) is 10.9. The Morgan fingerprint density at radius 1 is 1.06 bits per heavy atom. The van der Waals surface area contributed by atoms with Crippen molar-refractivity contribution in [2.24, 2.45) is 4.99 Å². The summed E-state index contributed by atoms with van der Waals surface area (Å²) >= 11 is 1.71. The van der Waals surface area contributed by atoms with Gasteiger partial charge in [0, 0.05) is 16.7 Å². The SMILES string of the molecule is CSc1ccccc1C=Nc1ccccc1N. The largest absolute Gasteiger partial charge is 0.397 e. The monoisotopic (exact) mass is 242 g/mol. The van der Waals surface area contributed by atoms with E-state index >= 15 is 0 Å². The first-order valence-electron chi connectivity index (χ1n) is 5.33. The average Bonchev–Trinajstić information content (AvgIpc) is 2.38. The number of aliphatic imine (C=N–C) groups is 1. The molecule has 0 amide bonds. The van der Waals surface area contributed by atoms with Crippen molar-refractivity contribution in [3.63, 3.8) is 0 Å². The van der Waals surface area contributed by atoms with Crippen LogP contribution in [0, 0.1) is 0 Å². The standard InChI is InChI=1S/C14H14N2S/c1-17-14-9-5-2-6-11(14)10-16-13-8-4-3-7-12(13)15/h2-10H,15H2,1H3. The van der Waals surface area contributed by atoms with Crippen molar-refractivity contribution in [3.8, 4) is 0 Å². The van der Waals surface area contributed by atoms with Gasteiger partial charge in [-0.2, -0.15) is 0 Å². The van der Waals surface area contributed by atoms with Crippen LogP contribution in [-0.2, 0) is 0 Å². The predicted octanol–water partition coefficient (Wildman–Crippen LogP) is 3.74. The van der Waals surface area contributed by atoms with Crippen LogP contribution in [0.25, 0.3) is 0 Å². The van der Waals surface area contributed by atoms with Gasteiger partial charge in [-0.25, -0.2) is 0 Å². The van der Waals surface area contributed by atoms with E-state index < -0.39 is 0 Å². The first-order chi connectivity index (χ1) is 8.31. The molecule has 0 saturated carbocycles. The number of hydrogen-bond acceptors (Lipinski definition) is 3. The molecule has 17 heavy (non-hydrogen) atoms. The molecular formula is C14H14N2S. The first kappa shape index (κ1) is 11.7. The maximum Gasteiger partial charge on any atom is 0.0859 e. The van der Waals surface area contributed by atoms with E-state index in [1.165, 1.54) is 4.90 Å². The van der Waals surface area contributed by atoms with Crippen molar-refractivity contribution >= 4 is 29.4 Å². The van der Waals surface area contributed by atoms with E-state index in [4.69, 9.17) is 5.73 Å². The lowest BCUT2D eigenvalue weighted by Crippen LogP contribution is -1.87. The molecule has 2 aromatic rings. The fourth-order valence-corrected chi connectivity index (χ4v) is 2.09. The topological polar surface area (TPSA) is 38.4 Å². The highest BCUT2D eigenvalue weighted by Crippen LogP contribution is 2.22. The Balaban J connectivity index is 2.29. The minimum atomic E-state index is 0.699. The van der Waals surface area contributed by atoms with Gasteiger partial charge in [-0.05, 0) is 24.5 Å². The first-order valence-corrected chi connectivity index (χ1v) is 6.55. The minimum Gasteiger partial charge on any atom is -0.397 e. The van der Waals surface area contributed by atoms with E-state index in [1.54, 1.807) is 11.8 Å². The van der Waals surface area contributed by atoms with E-state index in [9.17, 15) is 0 Å². The molecule has 0 fully saturated rings. The number of thioether (sulfide) groups is 1. The molecule has 2 N–H and O–H groups in total. The Morgan fingerprint density at radius 2 is 1.76 bits per heavy atom. The molecule has 3 heteroatoms. The van der Waals surface area contributed by atoms with E-state index in [0.717, 1.165) is 11.3 Å². The molecule has 0 bridgehead atoms. The van der Waals surface area contributed by atoms with Crippen molar-refractivity contribution in [2.75, 3.05) is 12.0 Å². The van der Waals surface area contributed by atoms with Crippen LogP contribution in [0.1, 0.15) is 5.56 Å². The number of nitrogens with zero attached hydrogens (tertiary/aromatic N) is 1. The lowest BCUT2D eigenvalue weighted by Gasteiger charge is -2.02. The summed E-state index contributed by atoms with van der Waals surface area (Å²) in [6, 6.07) is 15.8. The van der Waals surface area contributed by atoms with Gasteiger partial charge in [-0.15, -0.1) is 11.8 Å². The van der Waals surface area contributed by atoms with Gasteiger partial charge in [0.1, 0.15) is 0 Å². The van der Waals surface area contributed by atoms with Gasteiger partial charge < -0.3 is 5.73 Å². The summed E-state index contributed by atoms with van der Waals surface area (Å²) in [6.07, 6.45) is 3.92.